The van der Waals surface area contributed by atoms with Gasteiger partial charge in [-0.05, 0) is 42.7 Å². The van der Waals surface area contributed by atoms with E-state index in [9.17, 15) is 9.59 Å². The molecule has 29 heavy (non-hydrogen) atoms. The Hall–Kier alpha value is -3.15. The molecule has 0 spiro atoms. The van der Waals surface area contributed by atoms with Crippen molar-refractivity contribution in [3.63, 3.8) is 0 Å². The molecule has 2 aliphatic carbocycles. The molecule has 3 aliphatic rings. The highest BCUT2D eigenvalue weighted by Gasteiger charge is 2.40. The molecule has 1 atom stereocenters. The van der Waals surface area contributed by atoms with Crippen molar-refractivity contribution in [2.75, 3.05) is 13.7 Å². The summed E-state index contributed by atoms with van der Waals surface area (Å²) in [5.41, 5.74) is 1.51. The van der Waals surface area contributed by atoms with Crippen molar-refractivity contribution in [3.8, 4) is 5.75 Å². The third-order valence-corrected chi connectivity index (χ3v) is 5.41. The number of ether oxygens (including phenoxy) is 2. The Morgan fingerprint density at radius 2 is 2.00 bits per heavy atom. The lowest BCUT2D eigenvalue weighted by Crippen LogP contribution is -2.47. The number of amides is 2. The van der Waals surface area contributed by atoms with Gasteiger partial charge in [0.15, 0.2) is 0 Å². The Kier molecular flexibility index (Phi) is 5.60. The Morgan fingerprint density at radius 1 is 1.24 bits per heavy atom. The summed E-state index contributed by atoms with van der Waals surface area (Å²) in [5.74, 6) is 0.514. The number of benzene rings is 1. The van der Waals surface area contributed by atoms with Gasteiger partial charge in [0.1, 0.15) is 5.75 Å². The van der Waals surface area contributed by atoms with Crippen LogP contribution in [0.3, 0.4) is 0 Å². The number of rotatable bonds is 5. The molecule has 4 rings (SSSR count). The predicted octanol–water partition coefficient (Wildman–Crippen LogP) is 2.60. The van der Waals surface area contributed by atoms with Crippen LogP contribution in [0.1, 0.15) is 31.2 Å². The minimum absolute atomic E-state index is 0.0113. The molecule has 1 aromatic rings. The largest absolute Gasteiger partial charge is 0.497 e. The number of hydrogen-bond acceptors (Lipinski definition) is 4. The molecule has 1 fully saturated rings. The Bertz CT molecular complexity index is 919. The monoisotopic (exact) mass is 393 g/mol. The minimum atomic E-state index is -0.388. The van der Waals surface area contributed by atoms with Crippen molar-refractivity contribution in [3.05, 3.63) is 59.9 Å². The van der Waals surface area contributed by atoms with Gasteiger partial charge < -0.3 is 14.8 Å². The van der Waals surface area contributed by atoms with Crippen LogP contribution in [-0.4, -0.2) is 47.9 Å². The van der Waals surface area contributed by atoms with Crippen LogP contribution in [0.25, 0.3) is 6.08 Å². The average molecular weight is 393 g/mol. The fourth-order valence-electron chi connectivity index (χ4n) is 3.89. The highest BCUT2D eigenvalue weighted by atomic mass is 16.5. The van der Waals surface area contributed by atoms with E-state index in [2.05, 4.69) is 5.32 Å². The van der Waals surface area contributed by atoms with E-state index in [0.717, 1.165) is 37.0 Å². The summed E-state index contributed by atoms with van der Waals surface area (Å²) in [6.45, 7) is -0.0113. The van der Waals surface area contributed by atoms with Crippen LogP contribution in [0.15, 0.2) is 54.3 Å². The molecule has 1 aliphatic heterocycles. The Balaban J connectivity index is 1.58. The van der Waals surface area contributed by atoms with Gasteiger partial charge in [0.05, 0.1) is 7.11 Å². The maximum absolute atomic E-state index is 13.1. The third kappa shape index (κ3) is 4.31. The number of nitrogens with zero attached hydrogens (tertiary/aromatic N) is 1. The van der Waals surface area contributed by atoms with E-state index >= 15 is 0 Å². The number of methoxy groups -OCH3 is 1. The van der Waals surface area contributed by atoms with Crippen molar-refractivity contribution >= 4 is 23.6 Å². The standard InChI is InChI=1S/C23H24N2O4/c1-28-18-12-10-16(11-13-18)14-21-23(27)25(19-8-4-5-9-20(19)29-21)15-22(26)24-17-6-2-3-7-17/h4-5,8-14,17,20H,2-3,6-7,15H2,1H3/p+1/b21-14-. The molecule has 0 aromatic heterocycles. The molecule has 1 unspecified atom stereocenters. The molecule has 0 saturated heterocycles. The van der Waals surface area contributed by atoms with Crippen LogP contribution >= 0.6 is 0 Å². The van der Waals surface area contributed by atoms with E-state index in [0.29, 0.717) is 5.71 Å². The number of nitrogens with one attached hydrogen (secondary N) is 1. The van der Waals surface area contributed by atoms with Gasteiger partial charge >= 0.3 is 5.91 Å². The first-order chi connectivity index (χ1) is 14.1. The zero-order valence-corrected chi connectivity index (χ0v) is 16.5. The topological polar surface area (TPSA) is 67.6 Å². The first-order valence-electron chi connectivity index (χ1n) is 9.99. The van der Waals surface area contributed by atoms with E-state index in [1.807, 2.05) is 48.6 Å². The van der Waals surface area contributed by atoms with Crippen LogP contribution in [0, 0.1) is 0 Å². The van der Waals surface area contributed by atoms with E-state index in [4.69, 9.17) is 9.47 Å². The number of carbonyl (C=O) groups excluding carboxylic acids is 2. The summed E-state index contributed by atoms with van der Waals surface area (Å²) < 4.78 is 12.6. The van der Waals surface area contributed by atoms with Gasteiger partial charge in [-0.1, -0.05) is 37.1 Å². The summed E-state index contributed by atoms with van der Waals surface area (Å²) >= 11 is 0. The van der Waals surface area contributed by atoms with Crippen molar-refractivity contribution in [1.29, 1.82) is 0 Å². The zero-order valence-electron chi connectivity index (χ0n) is 16.5. The lowest BCUT2D eigenvalue weighted by Gasteiger charge is -2.23. The Labute approximate surface area is 170 Å². The van der Waals surface area contributed by atoms with E-state index in [-0.39, 0.29) is 36.3 Å². The molecule has 1 heterocycles. The first-order valence-corrected chi connectivity index (χ1v) is 9.99. The van der Waals surface area contributed by atoms with Crippen LogP contribution < -0.4 is 10.1 Å². The molecule has 0 radical (unpaired) electrons. The number of allylic oxidation sites excluding steroid dienone is 2. The van der Waals surface area contributed by atoms with Crippen LogP contribution in [-0.2, 0) is 14.3 Å². The molecular formula is C23H25N2O4+. The number of carbonyl (C=O) groups is 2. The molecule has 0 bridgehead atoms. The third-order valence-electron chi connectivity index (χ3n) is 5.41. The summed E-state index contributed by atoms with van der Waals surface area (Å²) in [4.78, 5) is 25.7. The van der Waals surface area contributed by atoms with Crippen molar-refractivity contribution in [1.82, 2.24) is 5.32 Å². The summed E-state index contributed by atoms with van der Waals surface area (Å²) in [7, 11) is 1.61. The lowest BCUT2D eigenvalue weighted by molar-refractivity contribution is -0.443. The van der Waals surface area contributed by atoms with Gasteiger partial charge in [0, 0.05) is 12.1 Å². The highest BCUT2D eigenvalue weighted by molar-refractivity contribution is 6.06. The summed E-state index contributed by atoms with van der Waals surface area (Å²) in [6, 6.07) is 7.58. The molecule has 2 amide bonds. The maximum atomic E-state index is 13.1. The molecular weight excluding hydrogens is 368 g/mol. The molecule has 1 N–H and O–H groups in total. The molecule has 1 aromatic carbocycles. The van der Waals surface area contributed by atoms with Gasteiger partial charge in [-0.3, -0.25) is 4.79 Å². The molecule has 1 saturated carbocycles. The SMILES string of the molecule is COc1ccc(/C=C2\OC3C=CC=CC3=[N+](CC(=O)NC3CCCC3)C2=O)cc1. The van der Waals surface area contributed by atoms with Crippen molar-refractivity contribution < 1.29 is 23.6 Å². The highest BCUT2D eigenvalue weighted by Crippen LogP contribution is 2.22. The van der Waals surface area contributed by atoms with Gasteiger partial charge in [0.25, 0.3) is 5.91 Å². The normalized spacial score (nSPS) is 22.6. The van der Waals surface area contributed by atoms with Gasteiger partial charge in [-0.15, -0.1) is 4.58 Å². The lowest BCUT2D eigenvalue weighted by atomic mass is 10.1. The number of fused-ring (bicyclic) bond motifs is 1. The van der Waals surface area contributed by atoms with Gasteiger partial charge in [0.2, 0.25) is 24.1 Å². The molecule has 150 valence electrons. The quantitative estimate of drug-likeness (QED) is 0.617. The van der Waals surface area contributed by atoms with E-state index < -0.39 is 0 Å². The van der Waals surface area contributed by atoms with Crippen molar-refractivity contribution in [2.24, 2.45) is 0 Å². The fraction of sp³-hybridized carbons (Fsp3) is 0.348. The molecule has 6 heteroatoms. The predicted molar refractivity (Wildman–Crippen MR) is 110 cm³/mol. The fourth-order valence-corrected chi connectivity index (χ4v) is 3.89. The Morgan fingerprint density at radius 3 is 2.72 bits per heavy atom. The van der Waals surface area contributed by atoms with E-state index in [1.165, 1.54) is 4.58 Å². The molecule has 6 nitrogen and oxygen atoms in total. The smallest absolute Gasteiger partial charge is 0.455 e. The summed E-state index contributed by atoms with van der Waals surface area (Å²) in [6.07, 6.45) is 13.1. The van der Waals surface area contributed by atoms with Gasteiger partial charge in [-0.25, -0.2) is 4.79 Å². The second kappa shape index (κ2) is 8.47. The van der Waals surface area contributed by atoms with E-state index in [1.54, 1.807) is 13.2 Å². The number of hydrogen-bond donors (Lipinski definition) is 1. The van der Waals surface area contributed by atoms with Crippen molar-refractivity contribution in [2.45, 2.75) is 37.8 Å². The van der Waals surface area contributed by atoms with Crippen LogP contribution in [0.2, 0.25) is 0 Å². The minimum Gasteiger partial charge on any atom is -0.497 e. The zero-order chi connectivity index (χ0) is 20.2. The second-order valence-corrected chi connectivity index (χ2v) is 7.43. The first kappa shape index (κ1) is 19.2. The van der Waals surface area contributed by atoms with Crippen LogP contribution in [0.4, 0.5) is 0 Å². The average Bonchev–Trinajstić information content (AvgIpc) is 3.24. The van der Waals surface area contributed by atoms with Crippen LogP contribution in [0.5, 0.6) is 5.75 Å². The summed E-state index contributed by atoms with van der Waals surface area (Å²) in [5, 5.41) is 3.06. The maximum Gasteiger partial charge on any atom is 0.455 e. The second-order valence-electron chi connectivity index (χ2n) is 7.43. The van der Waals surface area contributed by atoms with Gasteiger partial charge in [-0.2, -0.15) is 0 Å².